The van der Waals surface area contributed by atoms with Gasteiger partial charge >= 0.3 is 6.18 Å². The van der Waals surface area contributed by atoms with E-state index in [1.54, 1.807) is 0 Å². The third-order valence-electron chi connectivity index (χ3n) is 3.06. The van der Waals surface area contributed by atoms with Crippen LogP contribution in [0.3, 0.4) is 0 Å². The Morgan fingerprint density at radius 3 is 2.74 bits per heavy atom. The second-order valence-electron chi connectivity index (χ2n) is 4.70. The van der Waals surface area contributed by atoms with Gasteiger partial charge in [-0.2, -0.15) is 13.2 Å². The number of rotatable bonds is 2. The lowest BCUT2D eigenvalue weighted by Crippen LogP contribution is -2.53. The van der Waals surface area contributed by atoms with Crippen LogP contribution < -0.4 is 5.32 Å². The van der Waals surface area contributed by atoms with E-state index >= 15 is 0 Å². The van der Waals surface area contributed by atoms with Gasteiger partial charge in [-0.1, -0.05) is 0 Å². The van der Waals surface area contributed by atoms with Gasteiger partial charge in [-0.3, -0.25) is 4.90 Å². The summed E-state index contributed by atoms with van der Waals surface area (Å²) in [4.78, 5) is 5.42. The minimum absolute atomic E-state index is 0. The van der Waals surface area contributed by atoms with E-state index in [1.165, 1.54) is 0 Å². The van der Waals surface area contributed by atoms with Gasteiger partial charge in [0.1, 0.15) is 9.88 Å². The van der Waals surface area contributed by atoms with Crippen molar-refractivity contribution in [2.24, 2.45) is 0 Å². The number of nitrogens with zero attached hydrogens (tertiary/aromatic N) is 2. The number of nitrogens with one attached hydrogen (secondary N) is 1. The molecule has 0 spiro atoms. The van der Waals surface area contributed by atoms with Gasteiger partial charge in [0.05, 0.1) is 12.7 Å². The van der Waals surface area contributed by atoms with Crippen LogP contribution in [0.5, 0.6) is 0 Å². The monoisotopic (exact) mass is 315 g/mol. The van der Waals surface area contributed by atoms with Crippen molar-refractivity contribution in [1.29, 1.82) is 0 Å². The van der Waals surface area contributed by atoms with Gasteiger partial charge in [-0.25, -0.2) is 4.98 Å². The van der Waals surface area contributed by atoms with E-state index in [9.17, 15) is 13.2 Å². The number of alkyl halides is 3. The Balaban J connectivity index is 0.00000180. The van der Waals surface area contributed by atoms with Crippen LogP contribution in [0.4, 0.5) is 13.2 Å². The first-order chi connectivity index (χ1) is 8.36. The van der Waals surface area contributed by atoms with Crippen molar-refractivity contribution in [2.45, 2.75) is 38.7 Å². The second kappa shape index (κ2) is 6.39. The molecular formula is C11H17ClF3N3S. The molecule has 1 N–H and O–H groups in total. The van der Waals surface area contributed by atoms with Crippen molar-refractivity contribution in [3.63, 3.8) is 0 Å². The normalized spacial score (nSPS) is 25.1. The summed E-state index contributed by atoms with van der Waals surface area (Å²) in [7, 11) is 0. The molecule has 1 saturated heterocycles. The van der Waals surface area contributed by atoms with E-state index in [0.717, 1.165) is 30.6 Å². The molecule has 0 bridgehead atoms. The molecule has 110 valence electrons. The quantitative estimate of drug-likeness (QED) is 0.909. The zero-order chi connectivity index (χ0) is 13.3. The number of aromatic nitrogens is 1. The highest BCUT2D eigenvalue weighted by atomic mass is 35.5. The molecule has 1 aromatic heterocycles. The summed E-state index contributed by atoms with van der Waals surface area (Å²) in [5, 5.41) is 3.87. The van der Waals surface area contributed by atoms with Crippen LogP contribution >= 0.6 is 23.7 Å². The maximum atomic E-state index is 12.5. The van der Waals surface area contributed by atoms with Crippen LogP contribution in [0, 0.1) is 0 Å². The number of hydrogen-bond donors (Lipinski definition) is 1. The van der Waals surface area contributed by atoms with Crippen LogP contribution in [0.15, 0.2) is 6.20 Å². The van der Waals surface area contributed by atoms with Gasteiger partial charge in [0.25, 0.3) is 0 Å². The van der Waals surface area contributed by atoms with Gasteiger partial charge in [0, 0.05) is 25.2 Å². The fourth-order valence-electron chi connectivity index (χ4n) is 2.01. The van der Waals surface area contributed by atoms with E-state index in [4.69, 9.17) is 0 Å². The van der Waals surface area contributed by atoms with Crippen molar-refractivity contribution < 1.29 is 13.2 Å². The molecule has 2 rings (SSSR count). The SMILES string of the molecule is CC1CN(Cc2ncc(C(F)(F)F)s2)C(C)CN1.Cl. The van der Waals surface area contributed by atoms with E-state index in [-0.39, 0.29) is 12.4 Å². The van der Waals surface area contributed by atoms with Crippen LogP contribution in [-0.2, 0) is 12.7 Å². The summed E-state index contributed by atoms with van der Waals surface area (Å²) in [5.41, 5.74) is 0. The number of thiazole rings is 1. The maximum absolute atomic E-state index is 12.5. The Morgan fingerprint density at radius 2 is 2.16 bits per heavy atom. The molecule has 0 radical (unpaired) electrons. The molecule has 1 aliphatic heterocycles. The first kappa shape index (κ1) is 16.7. The number of hydrogen-bond acceptors (Lipinski definition) is 4. The molecule has 2 unspecified atom stereocenters. The summed E-state index contributed by atoms with van der Waals surface area (Å²) in [5.74, 6) is 0. The Bertz CT molecular complexity index is 410. The fourth-order valence-corrected chi connectivity index (χ4v) is 2.82. The van der Waals surface area contributed by atoms with E-state index < -0.39 is 11.1 Å². The van der Waals surface area contributed by atoms with Gasteiger partial charge in [0.15, 0.2) is 0 Å². The zero-order valence-corrected chi connectivity index (χ0v) is 12.3. The summed E-state index contributed by atoms with van der Waals surface area (Å²) in [6, 6.07) is 0.683. The topological polar surface area (TPSA) is 28.2 Å². The highest BCUT2D eigenvalue weighted by Gasteiger charge is 2.33. The predicted octanol–water partition coefficient (Wildman–Crippen LogP) is 2.77. The molecule has 0 amide bonds. The van der Waals surface area contributed by atoms with Crippen molar-refractivity contribution in [3.05, 3.63) is 16.1 Å². The van der Waals surface area contributed by atoms with Gasteiger partial charge in [0.2, 0.25) is 0 Å². The standard InChI is InChI=1S/C11H16F3N3S.ClH/c1-7-5-17(8(2)3-15-7)6-10-16-4-9(18-10)11(12,13)14;/h4,7-8,15H,3,5-6H2,1-2H3;1H. The summed E-state index contributed by atoms with van der Waals surface area (Å²) in [6.45, 7) is 6.33. The average Bonchev–Trinajstić information content (AvgIpc) is 2.71. The number of halogens is 4. The lowest BCUT2D eigenvalue weighted by Gasteiger charge is -2.36. The molecule has 0 aliphatic carbocycles. The lowest BCUT2D eigenvalue weighted by molar-refractivity contribution is -0.134. The average molecular weight is 316 g/mol. The first-order valence-electron chi connectivity index (χ1n) is 5.85. The van der Waals surface area contributed by atoms with Crippen molar-refractivity contribution in [3.8, 4) is 0 Å². The highest BCUT2D eigenvalue weighted by Crippen LogP contribution is 2.33. The van der Waals surface area contributed by atoms with Gasteiger partial charge in [-0.15, -0.1) is 23.7 Å². The van der Waals surface area contributed by atoms with Crippen molar-refractivity contribution in [1.82, 2.24) is 15.2 Å². The van der Waals surface area contributed by atoms with Crippen LogP contribution in [0.1, 0.15) is 23.7 Å². The third kappa shape index (κ3) is 4.30. The molecule has 3 nitrogen and oxygen atoms in total. The van der Waals surface area contributed by atoms with Crippen molar-refractivity contribution >= 4 is 23.7 Å². The van der Waals surface area contributed by atoms with E-state index in [0.29, 0.717) is 23.6 Å². The molecular weight excluding hydrogens is 299 g/mol. The lowest BCUT2D eigenvalue weighted by atomic mass is 10.1. The van der Waals surface area contributed by atoms with Gasteiger partial charge in [-0.05, 0) is 13.8 Å². The largest absolute Gasteiger partial charge is 0.427 e. The summed E-state index contributed by atoms with van der Waals surface area (Å²) < 4.78 is 37.4. The fraction of sp³-hybridized carbons (Fsp3) is 0.727. The molecule has 8 heteroatoms. The molecule has 1 aliphatic rings. The summed E-state index contributed by atoms with van der Waals surface area (Å²) in [6.07, 6.45) is -3.35. The first-order valence-corrected chi connectivity index (χ1v) is 6.67. The van der Waals surface area contributed by atoms with Crippen LogP contribution in [-0.4, -0.2) is 35.1 Å². The maximum Gasteiger partial charge on any atom is 0.427 e. The molecule has 1 fully saturated rings. The van der Waals surface area contributed by atoms with Crippen LogP contribution in [0.2, 0.25) is 0 Å². The Hall–Kier alpha value is -0.370. The van der Waals surface area contributed by atoms with E-state index in [1.807, 2.05) is 0 Å². The molecule has 2 atom stereocenters. The highest BCUT2D eigenvalue weighted by molar-refractivity contribution is 7.11. The summed E-state index contributed by atoms with van der Waals surface area (Å²) >= 11 is 0.739. The smallest absolute Gasteiger partial charge is 0.311 e. The Kier molecular flexibility index (Phi) is 5.61. The Morgan fingerprint density at radius 1 is 1.47 bits per heavy atom. The molecule has 0 aromatic carbocycles. The number of piperazine rings is 1. The Labute approximate surface area is 120 Å². The van der Waals surface area contributed by atoms with Crippen molar-refractivity contribution in [2.75, 3.05) is 13.1 Å². The van der Waals surface area contributed by atoms with Gasteiger partial charge < -0.3 is 5.32 Å². The zero-order valence-electron chi connectivity index (χ0n) is 10.7. The van der Waals surface area contributed by atoms with E-state index in [2.05, 4.69) is 29.0 Å². The second-order valence-corrected chi connectivity index (χ2v) is 5.82. The molecule has 0 saturated carbocycles. The molecule has 2 heterocycles. The molecule has 19 heavy (non-hydrogen) atoms. The van der Waals surface area contributed by atoms with Crippen LogP contribution in [0.25, 0.3) is 0 Å². The third-order valence-corrected chi connectivity index (χ3v) is 4.09. The minimum Gasteiger partial charge on any atom is -0.311 e. The molecule has 1 aromatic rings. The minimum atomic E-state index is -4.28. The predicted molar refractivity (Wildman–Crippen MR) is 71.7 cm³/mol.